The summed E-state index contributed by atoms with van der Waals surface area (Å²) in [5.74, 6) is 0.832. The summed E-state index contributed by atoms with van der Waals surface area (Å²) in [7, 11) is 0. The first-order valence-electron chi connectivity index (χ1n) is 7.97. The fraction of sp³-hybridized carbons (Fsp3) is 1.00. The quantitative estimate of drug-likeness (QED) is 0.625. The van der Waals surface area contributed by atoms with E-state index in [1.807, 2.05) is 0 Å². The van der Waals surface area contributed by atoms with Crippen LogP contribution in [-0.2, 0) is 4.74 Å². The molecule has 1 fully saturated rings. The van der Waals surface area contributed by atoms with Crippen LogP contribution >= 0.6 is 0 Å². The third-order valence-electron chi connectivity index (χ3n) is 4.12. The molecule has 0 saturated carbocycles. The van der Waals surface area contributed by atoms with E-state index in [1.165, 1.54) is 57.9 Å². The smallest absolute Gasteiger partial charge is 0.0469 e. The summed E-state index contributed by atoms with van der Waals surface area (Å²) in [6.45, 7) is 10.1. The molecule has 1 rings (SSSR count). The van der Waals surface area contributed by atoms with Gasteiger partial charge in [0.05, 0.1) is 0 Å². The number of rotatable bonds is 9. The molecule has 1 N–H and O–H groups in total. The maximum atomic E-state index is 5.41. The van der Waals surface area contributed by atoms with E-state index in [0.717, 1.165) is 19.1 Å². The molecule has 18 heavy (non-hydrogen) atoms. The van der Waals surface area contributed by atoms with Crippen LogP contribution in [0.1, 0.15) is 72.1 Å². The molecule has 0 spiro atoms. The predicted octanol–water partition coefficient (Wildman–Crippen LogP) is 4.14. The van der Waals surface area contributed by atoms with E-state index in [9.17, 15) is 0 Å². The fourth-order valence-corrected chi connectivity index (χ4v) is 2.63. The van der Waals surface area contributed by atoms with E-state index in [4.69, 9.17) is 4.74 Å². The molecule has 1 heterocycles. The minimum atomic E-state index is 0.310. The highest BCUT2D eigenvalue weighted by Gasteiger charge is 2.20. The molecule has 1 aliphatic heterocycles. The Morgan fingerprint density at radius 1 is 1.06 bits per heavy atom. The average Bonchev–Trinajstić information content (AvgIpc) is 2.38. The third kappa shape index (κ3) is 7.38. The first-order chi connectivity index (χ1) is 8.64. The standard InChI is InChI=1S/C16H33NO/c1-4-5-6-7-8-11-16(2,3)17-14-15-9-12-18-13-10-15/h15,17H,4-14H2,1-3H3. The Morgan fingerprint density at radius 2 is 1.72 bits per heavy atom. The molecule has 0 unspecified atom stereocenters. The summed E-state index contributed by atoms with van der Waals surface area (Å²) >= 11 is 0. The van der Waals surface area contributed by atoms with E-state index in [0.29, 0.717) is 5.54 Å². The van der Waals surface area contributed by atoms with Gasteiger partial charge in [-0.25, -0.2) is 0 Å². The van der Waals surface area contributed by atoms with Gasteiger partial charge in [0.15, 0.2) is 0 Å². The van der Waals surface area contributed by atoms with Crippen molar-refractivity contribution < 1.29 is 4.74 Å². The zero-order chi connectivity index (χ0) is 13.3. The van der Waals surface area contributed by atoms with Gasteiger partial charge in [0, 0.05) is 18.8 Å². The van der Waals surface area contributed by atoms with Crippen molar-refractivity contribution in [1.82, 2.24) is 5.32 Å². The van der Waals surface area contributed by atoms with E-state index < -0.39 is 0 Å². The molecule has 1 saturated heterocycles. The predicted molar refractivity (Wildman–Crippen MR) is 79.0 cm³/mol. The van der Waals surface area contributed by atoms with Crippen molar-refractivity contribution in [3.63, 3.8) is 0 Å². The number of nitrogens with one attached hydrogen (secondary N) is 1. The molecule has 0 atom stereocenters. The Hall–Kier alpha value is -0.0800. The molecule has 0 aromatic carbocycles. The third-order valence-corrected chi connectivity index (χ3v) is 4.12. The van der Waals surface area contributed by atoms with Gasteiger partial charge in [0.2, 0.25) is 0 Å². The lowest BCUT2D eigenvalue weighted by Crippen LogP contribution is -2.42. The molecule has 2 nitrogen and oxygen atoms in total. The zero-order valence-electron chi connectivity index (χ0n) is 12.8. The Labute approximate surface area is 114 Å². The Balaban J connectivity index is 2.06. The van der Waals surface area contributed by atoms with Crippen molar-refractivity contribution >= 4 is 0 Å². The summed E-state index contributed by atoms with van der Waals surface area (Å²) in [6.07, 6.45) is 10.7. The summed E-state index contributed by atoms with van der Waals surface area (Å²) in [5, 5.41) is 3.76. The normalized spacial score (nSPS) is 18.2. The van der Waals surface area contributed by atoms with Crippen LogP contribution in [0.25, 0.3) is 0 Å². The van der Waals surface area contributed by atoms with Gasteiger partial charge in [-0.3, -0.25) is 0 Å². The molecule has 0 bridgehead atoms. The Kier molecular flexibility index (Phi) is 7.92. The fourth-order valence-electron chi connectivity index (χ4n) is 2.63. The molecule has 108 valence electrons. The average molecular weight is 255 g/mol. The van der Waals surface area contributed by atoms with Gasteiger partial charge in [-0.1, -0.05) is 39.0 Å². The summed E-state index contributed by atoms with van der Waals surface area (Å²) in [6, 6.07) is 0. The lowest BCUT2D eigenvalue weighted by Gasteiger charge is -2.30. The molecule has 0 aromatic rings. The first kappa shape index (κ1) is 16.0. The van der Waals surface area contributed by atoms with Crippen LogP contribution in [-0.4, -0.2) is 25.3 Å². The largest absolute Gasteiger partial charge is 0.381 e. The summed E-state index contributed by atoms with van der Waals surface area (Å²) in [4.78, 5) is 0. The van der Waals surface area contributed by atoms with Crippen molar-refractivity contribution in [2.24, 2.45) is 5.92 Å². The molecule has 0 aliphatic carbocycles. The lowest BCUT2D eigenvalue weighted by molar-refractivity contribution is 0.0638. The van der Waals surface area contributed by atoms with Gasteiger partial charge in [-0.2, -0.15) is 0 Å². The maximum Gasteiger partial charge on any atom is 0.0469 e. The highest BCUT2D eigenvalue weighted by molar-refractivity contribution is 4.79. The van der Waals surface area contributed by atoms with Crippen LogP contribution in [0.2, 0.25) is 0 Å². The molecule has 0 amide bonds. The van der Waals surface area contributed by atoms with E-state index >= 15 is 0 Å². The SMILES string of the molecule is CCCCCCCC(C)(C)NCC1CCOCC1. The Morgan fingerprint density at radius 3 is 2.39 bits per heavy atom. The van der Waals surface area contributed by atoms with E-state index in [2.05, 4.69) is 26.1 Å². The van der Waals surface area contributed by atoms with Crippen LogP contribution in [0, 0.1) is 5.92 Å². The van der Waals surface area contributed by atoms with Crippen LogP contribution in [0.5, 0.6) is 0 Å². The van der Waals surface area contributed by atoms with Gasteiger partial charge < -0.3 is 10.1 Å². The van der Waals surface area contributed by atoms with Crippen molar-refractivity contribution in [2.45, 2.75) is 77.7 Å². The second-order valence-electron chi connectivity index (χ2n) is 6.48. The second kappa shape index (κ2) is 8.92. The zero-order valence-corrected chi connectivity index (χ0v) is 12.8. The summed E-state index contributed by atoms with van der Waals surface area (Å²) < 4.78 is 5.41. The van der Waals surface area contributed by atoms with Crippen molar-refractivity contribution in [2.75, 3.05) is 19.8 Å². The van der Waals surface area contributed by atoms with Crippen LogP contribution in [0.15, 0.2) is 0 Å². The van der Waals surface area contributed by atoms with Crippen LogP contribution in [0.3, 0.4) is 0 Å². The Bertz CT molecular complexity index is 197. The molecular weight excluding hydrogens is 222 g/mol. The number of ether oxygens (including phenoxy) is 1. The van der Waals surface area contributed by atoms with E-state index in [1.54, 1.807) is 0 Å². The minimum absolute atomic E-state index is 0.310. The molecule has 1 aliphatic rings. The number of unbranched alkanes of at least 4 members (excludes halogenated alkanes) is 4. The van der Waals surface area contributed by atoms with Gasteiger partial charge in [-0.05, 0) is 45.6 Å². The van der Waals surface area contributed by atoms with Crippen molar-refractivity contribution in [1.29, 1.82) is 0 Å². The molecule has 0 aromatic heterocycles. The van der Waals surface area contributed by atoms with Crippen molar-refractivity contribution in [3.05, 3.63) is 0 Å². The highest BCUT2D eigenvalue weighted by Crippen LogP contribution is 2.18. The minimum Gasteiger partial charge on any atom is -0.381 e. The van der Waals surface area contributed by atoms with Crippen LogP contribution in [0.4, 0.5) is 0 Å². The monoisotopic (exact) mass is 255 g/mol. The molecule has 0 radical (unpaired) electrons. The maximum absolute atomic E-state index is 5.41. The molecule has 2 heteroatoms. The van der Waals surface area contributed by atoms with Crippen molar-refractivity contribution in [3.8, 4) is 0 Å². The first-order valence-corrected chi connectivity index (χ1v) is 7.97. The van der Waals surface area contributed by atoms with Crippen LogP contribution < -0.4 is 5.32 Å². The van der Waals surface area contributed by atoms with Gasteiger partial charge in [-0.15, -0.1) is 0 Å². The topological polar surface area (TPSA) is 21.3 Å². The van der Waals surface area contributed by atoms with Gasteiger partial charge in [0.1, 0.15) is 0 Å². The number of hydrogen-bond donors (Lipinski definition) is 1. The van der Waals surface area contributed by atoms with Gasteiger partial charge >= 0.3 is 0 Å². The highest BCUT2D eigenvalue weighted by atomic mass is 16.5. The van der Waals surface area contributed by atoms with E-state index in [-0.39, 0.29) is 0 Å². The molecular formula is C16H33NO. The second-order valence-corrected chi connectivity index (χ2v) is 6.48. The summed E-state index contributed by atoms with van der Waals surface area (Å²) in [5.41, 5.74) is 0.310. The number of hydrogen-bond acceptors (Lipinski definition) is 2. The lowest BCUT2D eigenvalue weighted by atomic mass is 9.93. The van der Waals surface area contributed by atoms with Gasteiger partial charge in [0.25, 0.3) is 0 Å².